The fourth-order valence-electron chi connectivity index (χ4n) is 2.90. The molecule has 0 unspecified atom stereocenters. The summed E-state index contributed by atoms with van der Waals surface area (Å²) in [5.74, 6) is 0. The molecule has 0 spiro atoms. The Hall–Kier alpha value is -0.240. The first-order chi connectivity index (χ1) is 11.2. The molecular formula is C17H34O6. The number of methoxy groups -OCH3 is 1. The Morgan fingerprint density at radius 2 is 1.52 bits per heavy atom. The fourth-order valence-corrected chi connectivity index (χ4v) is 2.90. The largest absolute Gasteiger partial charge is 0.394 e. The topological polar surface area (TPSA) is 88.4 Å². The van der Waals surface area contributed by atoms with Crippen LogP contribution in [0.4, 0.5) is 0 Å². The van der Waals surface area contributed by atoms with Gasteiger partial charge < -0.3 is 29.5 Å². The summed E-state index contributed by atoms with van der Waals surface area (Å²) in [5.41, 5.74) is 0. The molecule has 138 valence electrons. The van der Waals surface area contributed by atoms with E-state index in [2.05, 4.69) is 6.92 Å². The molecule has 1 heterocycles. The van der Waals surface area contributed by atoms with E-state index in [1.165, 1.54) is 45.6 Å². The smallest absolute Gasteiger partial charge is 0.186 e. The van der Waals surface area contributed by atoms with Crippen molar-refractivity contribution in [3.63, 3.8) is 0 Å². The Balaban J connectivity index is 2.21. The number of unbranched alkanes of at least 4 members (excludes halogenated alkanes) is 7. The molecule has 0 aromatic rings. The minimum atomic E-state index is -1.06. The van der Waals surface area contributed by atoms with E-state index in [0.29, 0.717) is 6.61 Å². The summed E-state index contributed by atoms with van der Waals surface area (Å²) in [4.78, 5) is 0. The van der Waals surface area contributed by atoms with Gasteiger partial charge in [-0.2, -0.15) is 0 Å². The number of aliphatic hydroxyl groups excluding tert-OH is 3. The second-order valence-corrected chi connectivity index (χ2v) is 6.25. The number of aliphatic hydroxyl groups is 3. The van der Waals surface area contributed by atoms with Crippen molar-refractivity contribution in [2.75, 3.05) is 20.3 Å². The molecule has 6 heteroatoms. The predicted octanol–water partition coefficient (Wildman–Crippen LogP) is 1.60. The molecule has 23 heavy (non-hydrogen) atoms. The lowest BCUT2D eigenvalue weighted by atomic mass is 9.99. The highest BCUT2D eigenvalue weighted by molar-refractivity contribution is 4.90. The molecule has 0 aromatic heterocycles. The normalized spacial score (nSPS) is 31.4. The first kappa shape index (κ1) is 20.8. The SMILES string of the molecule is CCCCCCCCCCO[C@H]1[C@@H](O)[C@@H](CO)O[C@@H](OC)[C@@H]1O. The summed E-state index contributed by atoms with van der Waals surface area (Å²) in [6.45, 7) is 2.35. The van der Waals surface area contributed by atoms with Gasteiger partial charge in [-0.1, -0.05) is 51.9 Å². The van der Waals surface area contributed by atoms with Crippen LogP contribution in [0, 0.1) is 0 Å². The predicted molar refractivity (Wildman–Crippen MR) is 87.1 cm³/mol. The molecule has 0 bridgehead atoms. The van der Waals surface area contributed by atoms with E-state index in [0.717, 1.165) is 12.8 Å². The standard InChI is InChI=1S/C17H34O6/c1-3-4-5-6-7-8-9-10-11-22-16-14(19)13(12-18)23-17(21-2)15(16)20/h13-20H,3-12H2,1-2H3/t13-,14+,15-,16+,17-/m1/s1. The third-order valence-electron chi connectivity index (χ3n) is 4.36. The van der Waals surface area contributed by atoms with Crippen molar-refractivity contribution in [2.24, 2.45) is 0 Å². The monoisotopic (exact) mass is 334 g/mol. The van der Waals surface area contributed by atoms with Gasteiger partial charge in [0, 0.05) is 13.7 Å². The van der Waals surface area contributed by atoms with Gasteiger partial charge in [0.2, 0.25) is 0 Å². The van der Waals surface area contributed by atoms with Crippen molar-refractivity contribution in [1.82, 2.24) is 0 Å². The van der Waals surface area contributed by atoms with Crippen molar-refractivity contribution < 1.29 is 29.5 Å². The molecular weight excluding hydrogens is 300 g/mol. The van der Waals surface area contributed by atoms with Gasteiger partial charge in [-0.25, -0.2) is 0 Å². The number of rotatable bonds is 12. The van der Waals surface area contributed by atoms with Gasteiger partial charge in [-0.05, 0) is 6.42 Å². The summed E-state index contributed by atoms with van der Waals surface area (Å²) >= 11 is 0. The molecule has 5 atom stereocenters. The van der Waals surface area contributed by atoms with E-state index in [4.69, 9.17) is 14.2 Å². The molecule has 1 aliphatic rings. The summed E-state index contributed by atoms with van der Waals surface area (Å²) < 4.78 is 16.0. The van der Waals surface area contributed by atoms with Crippen LogP contribution >= 0.6 is 0 Å². The molecule has 1 rings (SSSR count). The Morgan fingerprint density at radius 1 is 0.913 bits per heavy atom. The third-order valence-corrected chi connectivity index (χ3v) is 4.36. The summed E-state index contributed by atoms with van der Waals surface area (Å²) in [6, 6.07) is 0. The highest BCUT2D eigenvalue weighted by Crippen LogP contribution is 2.24. The van der Waals surface area contributed by atoms with E-state index >= 15 is 0 Å². The number of hydrogen-bond donors (Lipinski definition) is 3. The van der Waals surface area contributed by atoms with Gasteiger partial charge in [-0.15, -0.1) is 0 Å². The van der Waals surface area contributed by atoms with Gasteiger partial charge in [0.25, 0.3) is 0 Å². The maximum absolute atomic E-state index is 10.1. The molecule has 6 nitrogen and oxygen atoms in total. The van der Waals surface area contributed by atoms with Crippen LogP contribution in [0.2, 0.25) is 0 Å². The Bertz CT molecular complexity index is 272. The molecule has 0 aliphatic carbocycles. The molecule has 1 fully saturated rings. The average Bonchev–Trinajstić information content (AvgIpc) is 2.56. The lowest BCUT2D eigenvalue weighted by molar-refractivity contribution is -0.301. The van der Waals surface area contributed by atoms with Gasteiger partial charge in [0.15, 0.2) is 6.29 Å². The van der Waals surface area contributed by atoms with Crippen LogP contribution in [0.3, 0.4) is 0 Å². The van der Waals surface area contributed by atoms with E-state index in [9.17, 15) is 15.3 Å². The van der Waals surface area contributed by atoms with Crippen LogP contribution in [-0.4, -0.2) is 66.3 Å². The lowest BCUT2D eigenvalue weighted by Crippen LogP contribution is -2.59. The molecule has 0 saturated carbocycles. The highest BCUT2D eigenvalue weighted by atomic mass is 16.7. The second-order valence-electron chi connectivity index (χ2n) is 6.25. The summed E-state index contributed by atoms with van der Waals surface area (Å²) in [7, 11) is 1.41. The summed E-state index contributed by atoms with van der Waals surface area (Å²) in [6.07, 6.45) is 4.99. The van der Waals surface area contributed by atoms with Crippen LogP contribution < -0.4 is 0 Å². The van der Waals surface area contributed by atoms with Crippen LogP contribution in [0.5, 0.6) is 0 Å². The maximum atomic E-state index is 10.1. The Labute approximate surface area is 139 Å². The summed E-state index contributed by atoms with van der Waals surface area (Å²) in [5, 5.41) is 29.5. The number of ether oxygens (including phenoxy) is 3. The van der Waals surface area contributed by atoms with Crippen molar-refractivity contribution in [1.29, 1.82) is 0 Å². The van der Waals surface area contributed by atoms with Gasteiger partial charge >= 0.3 is 0 Å². The molecule has 0 radical (unpaired) electrons. The Morgan fingerprint density at radius 3 is 2.09 bits per heavy atom. The van der Waals surface area contributed by atoms with Crippen LogP contribution in [0.15, 0.2) is 0 Å². The fraction of sp³-hybridized carbons (Fsp3) is 1.00. The van der Waals surface area contributed by atoms with E-state index < -0.39 is 30.7 Å². The van der Waals surface area contributed by atoms with Gasteiger partial charge in [0.05, 0.1) is 6.61 Å². The van der Waals surface area contributed by atoms with Crippen molar-refractivity contribution in [3.8, 4) is 0 Å². The molecule has 1 saturated heterocycles. The average molecular weight is 334 g/mol. The first-order valence-electron chi connectivity index (χ1n) is 8.92. The van der Waals surface area contributed by atoms with Gasteiger partial charge in [0.1, 0.15) is 24.4 Å². The Kier molecular flexibility index (Phi) is 11.0. The van der Waals surface area contributed by atoms with Crippen molar-refractivity contribution in [3.05, 3.63) is 0 Å². The third kappa shape index (κ3) is 7.03. The second kappa shape index (κ2) is 12.2. The quantitative estimate of drug-likeness (QED) is 0.470. The van der Waals surface area contributed by atoms with Crippen molar-refractivity contribution >= 4 is 0 Å². The van der Waals surface area contributed by atoms with Crippen LogP contribution in [-0.2, 0) is 14.2 Å². The lowest BCUT2D eigenvalue weighted by Gasteiger charge is -2.41. The van der Waals surface area contributed by atoms with E-state index in [-0.39, 0.29) is 6.61 Å². The number of hydrogen-bond acceptors (Lipinski definition) is 6. The van der Waals surface area contributed by atoms with E-state index in [1.807, 2.05) is 0 Å². The minimum Gasteiger partial charge on any atom is -0.394 e. The maximum Gasteiger partial charge on any atom is 0.186 e. The minimum absolute atomic E-state index is 0.342. The zero-order chi connectivity index (χ0) is 17.1. The molecule has 1 aliphatic heterocycles. The van der Waals surface area contributed by atoms with E-state index in [1.54, 1.807) is 0 Å². The van der Waals surface area contributed by atoms with Crippen molar-refractivity contribution in [2.45, 2.75) is 89.0 Å². The van der Waals surface area contributed by atoms with Gasteiger partial charge in [-0.3, -0.25) is 0 Å². The highest BCUT2D eigenvalue weighted by Gasteiger charge is 2.45. The molecule has 3 N–H and O–H groups in total. The first-order valence-corrected chi connectivity index (χ1v) is 8.92. The van der Waals surface area contributed by atoms with Crippen LogP contribution in [0.1, 0.15) is 58.3 Å². The molecule has 0 aromatic carbocycles. The van der Waals surface area contributed by atoms with Crippen LogP contribution in [0.25, 0.3) is 0 Å². The zero-order valence-electron chi connectivity index (χ0n) is 14.5. The molecule has 0 amide bonds. The zero-order valence-corrected chi connectivity index (χ0v) is 14.5.